The first-order valence-corrected chi connectivity index (χ1v) is 15.9. The molecule has 0 bridgehead atoms. The number of rotatable bonds is 10. The highest BCUT2D eigenvalue weighted by molar-refractivity contribution is 7.99. The van der Waals surface area contributed by atoms with E-state index >= 15 is 0 Å². The van der Waals surface area contributed by atoms with Crippen molar-refractivity contribution >= 4 is 33.4 Å². The van der Waals surface area contributed by atoms with E-state index in [9.17, 15) is 23.4 Å². The van der Waals surface area contributed by atoms with E-state index in [1.54, 1.807) is 60.7 Å². The number of sulfonamides is 1. The zero-order chi connectivity index (χ0) is 29.7. The Morgan fingerprint density at radius 1 is 0.881 bits per heavy atom. The van der Waals surface area contributed by atoms with E-state index in [4.69, 9.17) is 9.47 Å². The highest BCUT2D eigenvalue weighted by Gasteiger charge is 2.38. The molecule has 1 saturated heterocycles. The van der Waals surface area contributed by atoms with E-state index in [1.807, 2.05) is 37.3 Å². The Hall–Kier alpha value is -3.67. The average Bonchev–Trinajstić information content (AvgIpc) is 3.01. The zero-order valence-electron chi connectivity index (χ0n) is 22.8. The number of hydrogen-bond acceptors (Lipinski definition) is 7. The fourth-order valence-corrected chi connectivity index (χ4v) is 7.10. The van der Waals surface area contributed by atoms with E-state index in [2.05, 4.69) is 4.72 Å². The maximum Gasteiger partial charge on any atom is 0.336 e. The van der Waals surface area contributed by atoms with Gasteiger partial charge in [0.2, 0.25) is 0 Å². The Labute approximate surface area is 249 Å². The van der Waals surface area contributed by atoms with Crippen molar-refractivity contribution in [3.05, 3.63) is 125 Å². The summed E-state index contributed by atoms with van der Waals surface area (Å²) in [7, 11) is -3.79. The molecule has 0 aliphatic carbocycles. The van der Waals surface area contributed by atoms with Crippen LogP contribution in [0.25, 0.3) is 0 Å². The van der Waals surface area contributed by atoms with Crippen LogP contribution >= 0.6 is 11.8 Å². The molecule has 4 atom stereocenters. The van der Waals surface area contributed by atoms with Crippen LogP contribution in [-0.4, -0.2) is 36.5 Å². The zero-order valence-corrected chi connectivity index (χ0v) is 24.4. The highest BCUT2D eigenvalue weighted by atomic mass is 32.2. The van der Waals surface area contributed by atoms with Crippen molar-refractivity contribution in [1.29, 1.82) is 0 Å². The second-order valence-electron chi connectivity index (χ2n) is 9.98. The molecule has 0 radical (unpaired) electrons. The molecule has 3 N–H and O–H groups in total. The van der Waals surface area contributed by atoms with Gasteiger partial charge in [0.05, 0.1) is 29.3 Å². The molecule has 8 nitrogen and oxygen atoms in total. The van der Waals surface area contributed by atoms with Crippen molar-refractivity contribution in [3.8, 4) is 0 Å². The van der Waals surface area contributed by atoms with Crippen molar-refractivity contribution in [2.45, 2.75) is 41.8 Å². The quantitative estimate of drug-likeness (QED) is 0.181. The fourth-order valence-electron chi connectivity index (χ4n) is 4.81. The van der Waals surface area contributed by atoms with Gasteiger partial charge in [-0.1, -0.05) is 73.7 Å². The number of nitrogens with one attached hydrogen (secondary N) is 1. The summed E-state index contributed by atoms with van der Waals surface area (Å²) in [6.07, 6.45) is -1.52. The number of benzene rings is 4. The van der Waals surface area contributed by atoms with Crippen LogP contribution in [0, 0.1) is 5.92 Å². The van der Waals surface area contributed by atoms with Gasteiger partial charge >= 0.3 is 5.97 Å². The molecule has 0 amide bonds. The molecule has 1 heterocycles. The summed E-state index contributed by atoms with van der Waals surface area (Å²) in [6, 6.07) is 29.4. The first-order valence-electron chi connectivity index (χ1n) is 13.4. The Morgan fingerprint density at radius 2 is 1.60 bits per heavy atom. The normalized spacial score (nSPS) is 20.6. The summed E-state index contributed by atoms with van der Waals surface area (Å²) in [5, 5.41) is 19.1. The lowest BCUT2D eigenvalue weighted by Crippen LogP contribution is -2.38. The number of ether oxygens (including phenoxy) is 2. The topological polar surface area (TPSA) is 122 Å². The third-order valence-electron chi connectivity index (χ3n) is 7.11. The SMILES string of the molecule is C[C@H]1[C@@H](CSc2ccccc2C(=O)O)O[C@@H](c2cccc(NS(=O)(=O)c3ccccc3)c2)O[C@H]1c1ccc(CO)cc1. The number of aliphatic hydroxyl groups excluding tert-OH is 1. The lowest BCUT2D eigenvalue weighted by atomic mass is 9.91. The van der Waals surface area contributed by atoms with Crippen LogP contribution in [0.1, 0.15) is 46.4 Å². The third-order valence-corrected chi connectivity index (χ3v) is 9.67. The molecule has 0 saturated carbocycles. The van der Waals surface area contributed by atoms with E-state index in [1.165, 1.54) is 23.9 Å². The second-order valence-corrected chi connectivity index (χ2v) is 12.7. The van der Waals surface area contributed by atoms with Crippen LogP contribution < -0.4 is 4.72 Å². The van der Waals surface area contributed by atoms with E-state index in [0.717, 1.165) is 11.1 Å². The standard InChI is InChI=1S/C32H31NO7S2/c1-21-28(20-41-29-13-6-5-12-27(29)31(35)36)39-32(40-30(21)23-16-14-22(19-34)15-17-23)24-8-7-9-25(18-24)33-42(37,38)26-10-3-2-4-11-26/h2-18,21,28,30,32-34H,19-20H2,1H3,(H,35,36)/t21-,28+,30+,32+/m0/s1. The largest absolute Gasteiger partial charge is 0.478 e. The van der Waals surface area contributed by atoms with Gasteiger partial charge < -0.3 is 19.7 Å². The summed E-state index contributed by atoms with van der Waals surface area (Å²) < 4.78 is 41.5. The fraction of sp³-hybridized carbons (Fsp3) is 0.219. The number of aliphatic hydroxyl groups is 1. The molecule has 5 rings (SSSR count). The summed E-state index contributed by atoms with van der Waals surface area (Å²) >= 11 is 1.41. The second kappa shape index (κ2) is 13.1. The Balaban J connectivity index is 1.42. The number of aromatic carboxylic acids is 1. The molecule has 4 aromatic carbocycles. The molecule has 4 aromatic rings. The molecule has 0 aromatic heterocycles. The van der Waals surface area contributed by atoms with Crippen molar-refractivity contribution in [2.24, 2.45) is 5.92 Å². The summed E-state index contributed by atoms with van der Waals surface area (Å²) in [4.78, 5) is 12.5. The third kappa shape index (κ3) is 6.86. The number of thioether (sulfide) groups is 1. The summed E-state index contributed by atoms with van der Waals surface area (Å²) in [5.41, 5.74) is 2.93. The first-order chi connectivity index (χ1) is 20.2. The molecule has 218 valence electrons. The van der Waals surface area contributed by atoms with Gasteiger partial charge in [-0.25, -0.2) is 13.2 Å². The molecule has 1 fully saturated rings. The number of carbonyl (C=O) groups is 1. The van der Waals surface area contributed by atoms with Crippen LogP contribution in [0.15, 0.2) is 113 Å². The summed E-state index contributed by atoms with van der Waals surface area (Å²) in [6.45, 7) is 1.96. The predicted octanol–water partition coefficient (Wildman–Crippen LogP) is 6.26. The Morgan fingerprint density at radius 3 is 2.31 bits per heavy atom. The number of anilines is 1. The molecule has 42 heavy (non-hydrogen) atoms. The average molecular weight is 606 g/mol. The van der Waals surface area contributed by atoms with Gasteiger partial charge in [0.25, 0.3) is 10.0 Å². The Kier molecular flexibility index (Phi) is 9.30. The smallest absolute Gasteiger partial charge is 0.336 e. The highest BCUT2D eigenvalue weighted by Crippen LogP contribution is 2.43. The van der Waals surface area contributed by atoms with Gasteiger partial charge in [0.15, 0.2) is 6.29 Å². The van der Waals surface area contributed by atoms with Crippen LogP contribution in [0.2, 0.25) is 0 Å². The molecular weight excluding hydrogens is 574 g/mol. The maximum atomic E-state index is 12.9. The maximum absolute atomic E-state index is 12.9. The van der Waals surface area contributed by atoms with Crippen molar-refractivity contribution in [2.75, 3.05) is 10.5 Å². The minimum absolute atomic E-state index is 0.0684. The van der Waals surface area contributed by atoms with Crippen molar-refractivity contribution < 1.29 is 32.9 Å². The molecule has 1 aliphatic rings. The Bertz CT molecular complexity index is 1630. The van der Waals surface area contributed by atoms with Gasteiger partial charge in [0, 0.05) is 27.8 Å². The van der Waals surface area contributed by atoms with Gasteiger partial charge in [-0.05, 0) is 47.5 Å². The van der Waals surface area contributed by atoms with Crippen LogP contribution in [0.3, 0.4) is 0 Å². The lowest BCUT2D eigenvalue weighted by molar-refractivity contribution is -0.268. The van der Waals surface area contributed by atoms with Gasteiger partial charge in [-0.2, -0.15) is 0 Å². The van der Waals surface area contributed by atoms with Crippen molar-refractivity contribution in [1.82, 2.24) is 0 Å². The van der Waals surface area contributed by atoms with Crippen LogP contribution in [0.5, 0.6) is 0 Å². The number of carboxylic acid groups (broad SMARTS) is 1. The first kappa shape index (κ1) is 29.8. The lowest BCUT2D eigenvalue weighted by Gasteiger charge is -2.41. The number of hydrogen-bond donors (Lipinski definition) is 3. The monoisotopic (exact) mass is 605 g/mol. The summed E-state index contributed by atoms with van der Waals surface area (Å²) in [5.74, 6) is -0.629. The van der Waals surface area contributed by atoms with E-state index in [0.29, 0.717) is 21.9 Å². The van der Waals surface area contributed by atoms with Crippen molar-refractivity contribution in [3.63, 3.8) is 0 Å². The van der Waals surface area contributed by atoms with E-state index in [-0.39, 0.29) is 35.2 Å². The number of carboxylic acids is 1. The van der Waals surface area contributed by atoms with E-state index < -0.39 is 22.3 Å². The minimum atomic E-state index is -3.79. The van der Waals surface area contributed by atoms with Gasteiger partial charge in [-0.3, -0.25) is 4.72 Å². The van der Waals surface area contributed by atoms with Gasteiger partial charge in [-0.15, -0.1) is 11.8 Å². The molecular formula is C32H31NO7S2. The predicted molar refractivity (Wildman–Crippen MR) is 161 cm³/mol. The molecule has 10 heteroatoms. The molecule has 1 aliphatic heterocycles. The molecule has 0 unspecified atom stereocenters. The van der Waals surface area contributed by atoms with Crippen LogP contribution in [-0.2, 0) is 26.1 Å². The van der Waals surface area contributed by atoms with Crippen LogP contribution in [0.4, 0.5) is 5.69 Å². The minimum Gasteiger partial charge on any atom is -0.478 e. The molecule has 0 spiro atoms. The van der Waals surface area contributed by atoms with Gasteiger partial charge in [0.1, 0.15) is 0 Å².